The van der Waals surface area contributed by atoms with Crippen LogP contribution in [0.1, 0.15) is 99.3 Å². The van der Waals surface area contributed by atoms with Gasteiger partial charge < -0.3 is 13.3 Å². The van der Waals surface area contributed by atoms with Crippen LogP contribution in [0.4, 0.5) is 0 Å². The normalized spacial score (nSPS) is 17.8. The second-order valence-electron chi connectivity index (χ2n) is 8.48. The molecule has 1 fully saturated rings. The standard InChI is InChI=1S/C22H45O4Si2/c1-7-12-18-28(19-13-8-2,20-16-14-15-17-20)26-21(23)22(6,9-3)27(24-10-4)25-11-5/h20H,7-19H2,1-6H3. The summed E-state index contributed by atoms with van der Waals surface area (Å²) in [5, 5.41) is -0.647. The second kappa shape index (κ2) is 13.2. The van der Waals surface area contributed by atoms with Crippen molar-refractivity contribution in [3.05, 3.63) is 0 Å². The van der Waals surface area contributed by atoms with Gasteiger partial charge in [0.05, 0.1) is 0 Å². The Bertz CT molecular complexity index is 426. The highest BCUT2D eigenvalue weighted by Gasteiger charge is 2.52. The predicted octanol–water partition coefficient (Wildman–Crippen LogP) is 6.75. The van der Waals surface area contributed by atoms with Gasteiger partial charge >= 0.3 is 9.28 Å². The molecule has 0 saturated heterocycles. The van der Waals surface area contributed by atoms with Crippen LogP contribution in [0.3, 0.4) is 0 Å². The Kier molecular flexibility index (Phi) is 12.2. The van der Waals surface area contributed by atoms with Gasteiger partial charge in [-0.05, 0) is 57.7 Å². The first kappa shape index (κ1) is 25.9. The van der Waals surface area contributed by atoms with E-state index in [2.05, 4.69) is 20.8 Å². The summed E-state index contributed by atoms with van der Waals surface area (Å²) in [7, 11) is -3.85. The Morgan fingerprint density at radius 1 is 0.964 bits per heavy atom. The third-order valence-corrected chi connectivity index (χ3v) is 14.1. The van der Waals surface area contributed by atoms with E-state index in [9.17, 15) is 4.79 Å². The van der Waals surface area contributed by atoms with Crippen LogP contribution >= 0.6 is 0 Å². The summed E-state index contributed by atoms with van der Waals surface area (Å²) in [6, 6.07) is 2.26. The molecule has 0 aliphatic heterocycles. The van der Waals surface area contributed by atoms with Crippen molar-refractivity contribution >= 4 is 23.6 Å². The highest BCUT2D eigenvalue weighted by atomic mass is 28.4. The average molecular weight is 430 g/mol. The van der Waals surface area contributed by atoms with Gasteiger partial charge in [-0.3, -0.25) is 4.79 Å². The van der Waals surface area contributed by atoms with Gasteiger partial charge in [0.2, 0.25) is 0 Å². The molecule has 0 bridgehead atoms. The minimum atomic E-state index is -2.13. The zero-order valence-corrected chi connectivity index (χ0v) is 21.4. The van der Waals surface area contributed by atoms with E-state index in [1.807, 2.05) is 20.8 Å². The fraction of sp³-hybridized carbons (Fsp3) is 0.955. The number of carbonyl (C=O) groups excluding carboxylic acids is 1. The Labute approximate surface area is 177 Å². The molecule has 1 unspecified atom stereocenters. The molecule has 1 radical (unpaired) electrons. The van der Waals surface area contributed by atoms with Crippen molar-refractivity contribution in [1.29, 1.82) is 0 Å². The first-order chi connectivity index (χ1) is 13.4. The van der Waals surface area contributed by atoms with E-state index in [0.29, 0.717) is 25.2 Å². The largest absolute Gasteiger partial charge is 0.518 e. The van der Waals surface area contributed by atoms with Crippen LogP contribution in [0, 0.1) is 0 Å². The van der Waals surface area contributed by atoms with Crippen LogP contribution in [0.15, 0.2) is 0 Å². The molecule has 1 atom stereocenters. The van der Waals surface area contributed by atoms with Gasteiger partial charge in [-0.2, -0.15) is 0 Å². The van der Waals surface area contributed by atoms with E-state index in [1.54, 1.807) is 0 Å². The Morgan fingerprint density at radius 3 is 1.86 bits per heavy atom. The van der Waals surface area contributed by atoms with Crippen molar-refractivity contribution in [2.24, 2.45) is 0 Å². The predicted molar refractivity (Wildman–Crippen MR) is 121 cm³/mol. The number of hydrogen-bond acceptors (Lipinski definition) is 4. The molecule has 1 saturated carbocycles. The van der Waals surface area contributed by atoms with Crippen LogP contribution in [0.25, 0.3) is 0 Å². The summed E-state index contributed by atoms with van der Waals surface area (Å²) < 4.78 is 18.6. The summed E-state index contributed by atoms with van der Waals surface area (Å²) >= 11 is 0. The van der Waals surface area contributed by atoms with E-state index >= 15 is 0 Å². The molecule has 28 heavy (non-hydrogen) atoms. The minimum absolute atomic E-state index is 0.0310. The molecule has 0 aromatic heterocycles. The first-order valence-corrected chi connectivity index (χ1v) is 15.5. The molecule has 0 heterocycles. The molecule has 0 amide bonds. The third-order valence-electron chi connectivity index (χ3n) is 6.46. The summed E-state index contributed by atoms with van der Waals surface area (Å²) in [6.07, 6.45) is 10.5. The molecule has 165 valence electrons. The number of rotatable bonds is 15. The molecule has 6 heteroatoms. The van der Waals surface area contributed by atoms with Crippen molar-refractivity contribution < 1.29 is 18.1 Å². The number of hydrogen-bond donors (Lipinski definition) is 0. The van der Waals surface area contributed by atoms with Crippen molar-refractivity contribution in [3.8, 4) is 0 Å². The Balaban J connectivity index is 3.15. The fourth-order valence-electron chi connectivity index (χ4n) is 4.41. The Hall–Kier alpha value is -0.176. The second-order valence-corrected chi connectivity index (χ2v) is 14.9. The van der Waals surface area contributed by atoms with E-state index in [0.717, 1.165) is 12.1 Å². The van der Waals surface area contributed by atoms with E-state index < -0.39 is 22.6 Å². The monoisotopic (exact) mass is 429 g/mol. The van der Waals surface area contributed by atoms with Gasteiger partial charge in [-0.25, -0.2) is 0 Å². The van der Waals surface area contributed by atoms with Gasteiger partial charge in [-0.15, -0.1) is 0 Å². The lowest BCUT2D eigenvalue weighted by molar-refractivity contribution is -0.139. The summed E-state index contributed by atoms with van der Waals surface area (Å²) in [6.45, 7) is 13.7. The molecule has 1 aliphatic rings. The van der Waals surface area contributed by atoms with Crippen molar-refractivity contribution in [2.45, 2.75) is 122 Å². The van der Waals surface area contributed by atoms with Crippen LogP contribution < -0.4 is 0 Å². The quantitative estimate of drug-likeness (QED) is 0.270. The molecular formula is C22H45O4Si2. The van der Waals surface area contributed by atoms with Crippen LogP contribution in [0.5, 0.6) is 0 Å². The maximum Gasteiger partial charge on any atom is 0.402 e. The van der Waals surface area contributed by atoms with Crippen molar-refractivity contribution in [2.75, 3.05) is 13.2 Å². The van der Waals surface area contributed by atoms with Gasteiger partial charge in [0, 0.05) is 13.2 Å². The molecule has 0 aromatic carbocycles. The lowest BCUT2D eigenvalue weighted by Gasteiger charge is -2.40. The lowest BCUT2D eigenvalue weighted by Crippen LogP contribution is -2.50. The smallest absolute Gasteiger partial charge is 0.402 e. The van der Waals surface area contributed by atoms with Gasteiger partial charge in [0.25, 0.3) is 14.3 Å². The molecule has 0 spiro atoms. The molecule has 0 aromatic rings. The van der Waals surface area contributed by atoms with Gasteiger partial charge in [0.1, 0.15) is 5.04 Å². The van der Waals surface area contributed by atoms with Gasteiger partial charge in [0.15, 0.2) is 0 Å². The van der Waals surface area contributed by atoms with Crippen LogP contribution in [-0.2, 0) is 18.1 Å². The van der Waals surface area contributed by atoms with Crippen LogP contribution in [-0.4, -0.2) is 36.8 Å². The third kappa shape index (κ3) is 6.68. The first-order valence-electron chi connectivity index (χ1n) is 11.8. The molecule has 1 aliphatic carbocycles. The van der Waals surface area contributed by atoms with E-state index in [4.69, 9.17) is 13.3 Å². The average Bonchev–Trinajstić information content (AvgIpc) is 3.24. The molecule has 4 nitrogen and oxygen atoms in total. The van der Waals surface area contributed by atoms with E-state index in [-0.39, 0.29) is 5.97 Å². The van der Waals surface area contributed by atoms with E-state index in [1.165, 1.54) is 51.4 Å². The highest BCUT2D eigenvalue weighted by molar-refractivity contribution is 6.77. The Morgan fingerprint density at radius 2 is 1.46 bits per heavy atom. The summed E-state index contributed by atoms with van der Waals surface area (Å²) in [4.78, 5) is 13.7. The fourth-order valence-corrected chi connectivity index (χ4v) is 11.7. The van der Waals surface area contributed by atoms with Crippen molar-refractivity contribution in [1.82, 2.24) is 0 Å². The zero-order valence-electron chi connectivity index (χ0n) is 19.4. The number of unbranched alkanes of at least 4 members (excludes halogenated alkanes) is 2. The topological polar surface area (TPSA) is 44.8 Å². The maximum absolute atomic E-state index is 13.7. The maximum atomic E-state index is 13.7. The summed E-state index contributed by atoms with van der Waals surface area (Å²) in [5.41, 5.74) is 0.644. The minimum Gasteiger partial charge on any atom is -0.518 e. The molecule has 0 N–H and O–H groups in total. The zero-order chi connectivity index (χ0) is 21.0. The molecular weight excluding hydrogens is 384 g/mol. The van der Waals surface area contributed by atoms with Gasteiger partial charge in [-0.1, -0.05) is 59.3 Å². The summed E-state index contributed by atoms with van der Waals surface area (Å²) in [5.74, 6) is -0.0310. The SMILES string of the molecule is CCCC[Si](CCCC)(OC(=O)C(C)(CC)[Si](OCC)OCC)C1CCCC1. The highest BCUT2D eigenvalue weighted by Crippen LogP contribution is 2.47. The lowest BCUT2D eigenvalue weighted by atomic mass is 10.1. The van der Waals surface area contributed by atoms with Crippen molar-refractivity contribution in [3.63, 3.8) is 0 Å². The number of carbonyl (C=O) groups is 1. The van der Waals surface area contributed by atoms with Crippen LogP contribution in [0.2, 0.25) is 22.7 Å². The molecule has 1 rings (SSSR count).